The fourth-order valence-electron chi connectivity index (χ4n) is 2.56. The average Bonchev–Trinajstić information content (AvgIpc) is 2.64. The van der Waals surface area contributed by atoms with Gasteiger partial charge in [-0.15, -0.1) is 0 Å². The van der Waals surface area contributed by atoms with Crippen molar-refractivity contribution in [3.8, 4) is 5.88 Å². The first kappa shape index (κ1) is 19.4. The van der Waals surface area contributed by atoms with Gasteiger partial charge in [0.25, 0.3) is 0 Å². The minimum absolute atomic E-state index is 0.0250. The minimum atomic E-state index is -0.402. The molecule has 1 unspecified atom stereocenters. The lowest BCUT2D eigenvalue weighted by Crippen LogP contribution is -2.35. The number of hydrogen-bond acceptors (Lipinski definition) is 4. The summed E-state index contributed by atoms with van der Waals surface area (Å²) in [5.74, 6) is -0.411. The van der Waals surface area contributed by atoms with E-state index < -0.39 is 11.2 Å². The summed E-state index contributed by atoms with van der Waals surface area (Å²) in [6.45, 7) is 3.81. The molecular weight excluding hydrogens is 332 g/mol. The highest BCUT2D eigenvalue weighted by Gasteiger charge is 2.21. The third-order valence-electron chi connectivity index (χ3n) is 3.93. The molecule has 2 rings (SSSR count). The van der Waals surface area contributed by atoms with E-state index in [9.17, 15) is 14.4 Å². The molecule has 0 bridgehead atoms. The summed E-state index contributed by atoms with van der Waals surface area (Å²) in [7, 11) is 0. The Hall–Kier alpha value is -2.89. The smallest absolute Gasteiger partial charge is 0.217 e. The van der Waals surface area contributed by atoms with Crippen LogP contribution < -0.4 is 15.5 Å². The number of aromatic nitrogens is 1. The molecule has 0 fully saturated rings. The number of ketones is 1. The lowest BCUT2D eigenvalue weighted by molar-refractivity contribution is -0.119. The Balaban J connectivity index is 2.30. The number of aromatic amines is 1. The van der Waals surface area contributed by atoms with Crippen LogP contribution in [-0.4, -0.2) is 29.3 Å². The summed E-state index contributed by atoms with van der Waals surface area (Å²) in [4.78, 5) is 39.2. The molecule has 6 heteroatoms. The Bertz CT molecular complexity index is 799. The summed E-state index contributed by atoms with van der Waals surface area (Å²) in [5.41, 5.74) is -0.00888. The Morgan fingerprint density at radius 3 is 2.58 bits per heavy atom. The van der Waals surface area contributed by atoms with Crippen LogP contribution in [0.4, 0.5) is 0 Å². The van der Waals surface area contributed by atoms with Crippen LogP contribution in [0.15, 0.2) is 47.4 Å². The second kappa shape index (κ2) is 9.56. The van der Waals surface area contributed by atoms with Crippen molar-refractivity contribution in [2.75, 3.05) is 6.54 Å². The molecule has 0 saturated carbocycles. The predicted octanol–water partition coefficient (Wildman–Crippen LogP) is 2.68. The van der Waals surface area contributed by atoms with Gasteiger partial charge in [-0.1, -0.05) is 43.7 Å². The van der Waals surface area contributed by atoms with E-state index in [1.54, 1.807) is 30.3 Å². The average molecular weight is 356 g/mol. The number of unbranched alkanes of at least 4 members (excludes halogenated alkanes) is 1. The fraction of sp³-hybridized carbons (Fsp3) is 0.350. The zero-order chi connectivity index (χ0) is 18.9. The van der Waals surface area contributed by atoms with E-state index in [1.165, 1.54) is 19.2 Å². The molecule has 26 heavy (non-hydrogen) atoms. The zero-order valence-corrected chi connectivity index (χ0v) is 15.1. The lowest BCUT2D eigenvalue weighted by Gasteiger charge is -2.20. The van der Waals surface area contributed by atoms with E-state index in [0.29, 0.717) is 18.5 Å². The van der Waals surface area contributed by atoms with Crippen LogP contribution in [0.3, 0.4) is 0 Å². The molecule has 0 aliphatic heterocycles. The third-order valence-corrected chi connectivity index (χ3v) is 3.93. The Labute approximate surface area is 152 Å². The van der Waals surface area contributed by atoms with Crippen molar-refractivity contribution in [1.29, 1.82) is 0 Å². The molecule has 2 N–H and O–H groups in total. The van der Waals surface area contributed by atoms with Gasteiger partial charge in [0.2, 0.25) is 17.6 Å². The van der Waals surface area contributed by atoms with Crippen LogP contribution in [0, 0.1) is 0 Å². The summed E-state index contributed by atoms with van der Waals surface area (Å²) in [6.07, 6.45) is 3.70. The van der Waals surface area contributed by atoms with E-state index in [-0.39, 0.29) is 23.5 Å². The Morgan fingerprint density at radius 1 is 1.19 bits per heavy atom. The normalized spacial score (nSPS) is 11.6. The SMILES string of the molecule is CCCCC(CNC(C)=O)Oc1[nH]ccc(=O)c1C(=O)c1ccccc1. The molecule has 1 aromatic heterocycles. The van der Waals surface area contributed by atoms with Gasteiger partial charge in [0.05, 0.1) is 6.54 Å². The Morgan fingerprint density at radius 2 is 1.92 bits per heavy atom. The topological polar surface area (TPSA) is 88.3 Å². The second-order valence-corrected chi connectivity index (χ2v) is 6.06. The van der Waals surface area contributed by atoms with Gasteiger partial charge in [-0.05, 0) is 12.8 Å². The van der Waals surface area contributed by atoms with Crippen LogP contribution in [0.5, 0.6) is 5.88 Å². The first-order chi connectivity index (χ1) is 12.5. The highest BCUT2D eigenvalue weighted by atomic mass is 16.5. The minimum Gasteiger partial charge on any atom is -0.473 e. The van der Waals surface area contributed by atoms with Crippen molar-refractivity contribution in [2.24, 2.45) is 0 Å². The molecule has 0 radical (unpaired) electrons. The number of hydrogen-bond donors (Lipinski definition) is 2. The second-order valence-electron chi connectivity index (χ2n) is 6.06. The molecule has 6 nitrogen and oxygen atoms in total. The van der Waals surface area contributed by atoms with Gasteiger partial charge in [-0.25, -0.2) is 0 Å². The van der Waals surface area contributed by atoms with Gasteiger partial charge in [-0.2, -0.15) is 0 Å². The number of carbonyl (C=O) groups excluding carboxylic acids is 2. The summed E-state index contributed by atoms with van der Waals surface area (Å²) >= 11 is 0. The number of pyridine rings is 1. The molecule has 1 amide bonds. The summed E-state index contributed by atoms with van der Waals surface area (Å²) in [5, 5.41) is 2.73. The zero-order valence-electron chi connectivity index (χ0n) is 15.1. The van der Waals surface area contributed by atoms with Gasteiger partial charge in [-0.3, -0.25) is 14.4 Å². The number of amides is 1. The highest BCUT2D eigenvalue weighted by molar-refractivity contribution is 6.10. The standard InChI is InChI=1S/C20H24N2O4/c1-3-4-10-16(13-22-14(2)23)26-20-18(17(24)11-12-21-20)19(25)15-8-6-5-7-9-15/h5-9,11-12,16H,3-4,10,13H2,1-2H3,(H,21,24)(H,22,23). The number of ether oxygens (including phenoxy) is 1. The maximum Gasteiger partial charge on any atom is 0.217 e. The quantitative estimate of drug-likeness (QED) is 0.676. The van der Waals surface area contributed by atoms with E-state index >= 15 is 0 Å². The predicted molar refractivity (Wildman–Crippen MR) is 99.6 cm³/mol. The van der Waals surface area contributed by atoms with Crippen LogP contribution in [0.1, 0.15) is 49.0 Å². The van der Waals surface area contributed by atoms with Gasteiger partial charge >= 0.3 is 0 Å². The molecule has 138 valence electrons. The third kappa shape index (κ3) is 5.31. The summed E-state index contributed by atoms with van der Waals surface area (Å²) < 4.78 is 5.93. The molecule has 1 aromatic carbocycles. The lowest BCUT2D eigenvalue weighted by atomic mass is 10.0. The molecule has 0 aliphatic carbocycles. The van der Waals surface area contributed by atoms with Crippen LogP contribution in [-0.2, 0) is 4.79 Å². The molecule has 0 aliphatic rings. The highest BCUT2D eigenvalue weighted by Crippen LogP contribution is 2.18. The van der Waals surface area contributed by atoms with Crippen molar-refractivity contribution < 1.29 is 14.3 Å². The van der Waals surface area contributed by atoms with Crippen molar-refractivity contribution >= 4 is 11.7 Å². The number of nitrogens with one attached hydrogen (secondary N) is 2. The van der Waals surface area contributed by atoms with E-state index in [0.717, 1.165) is 12.8 Å². The first-order valence-corrected chi connectivity index (χ1v) is 8.75. The number of benzene rings is 1. The van der Waals surface area contributed by atoms with Crippen LogP contribution in [0.2, 0.25) is 0 Å². The van der Waals surface area contributed by atoms with Crippen molar-refractivity contribution in [1.82, 2.24) is 10.3 Å². The maximum atomic E-state index is 12.8. The van der Waals surface area contributed by atoms with Crippen LogP contribution in [0.25, 0.3) is 0 Å². The number of carbonyl (C=O) groups is 2. The largest absolute Gasteiger partial charge is 0.473 e. The molecule has 1 atom stereocenters. The van der Waals surface area contributed by atoms with Crippen LogP contribution >= 0.6 is 0 Å². The van der Waals surface area contributed by atoms with Gasteiger partial charge in [0.15, 0.2) is 5.43 Å². The first-order valence-electron chi connectivity index (χ1n) is 8.75. The molecule has 1 heterocycles. The van der Waals surface area contributed by atoms with E-state index in [1.807, 2.05) is 0 Å². The van der Waals surface area contributed by atoms with Crippen molar-refractivity contribution in [3.05, 3.63) is 63.9 Å². The van der Waals surface area contributed by atoms with Gasteiger partial charge < -0.3 is 15.0 Å². The molecule has 0 spiro atoms. The Kier molecular flexibility index (Phi) is 7.14. The molecule has 2 aromatic rings. The number of H-pyrrole nitrogens is 1. The van der Waals surface area contributed by atoms with Crippen molar-refractivity contribution in [2.45, 2.75) is 39.2 Å². The van der Waals surface area contributed by atoms with Gasteiger partial charge in [0.1, 0.15) is 11.7 Å². The maximum absolute atomic E-state index is 12.8. The van der Waals surface area contributed by atoms with Crippen molar-refractivity contribution in [3.63, 3.8) is 0 Å². The monoisotopic (exact) mass is 356 g/mol. The van der Waals surface area contributed by atoms with Gasteiger partial charge in [0, 0.05) is 24.8 Å². The number of rotatable bonds is 9. The summed E-state index contributed by atoms with van der Waals surface area (Å²) in [6, 6.07) is 9.90. The fourth-order valence-corrected chi connectivity index (χ4v) is 2.56. The molecular formula is C20H24N2O4. The van der Waals surface area contributed by atoms with E-state index in [4.69, 9.17) is 4.74 Å². The molecule has 0 saturated heterocycles. The van der Waals surface area contributed by atoms with E-state index in [2.05, 4.69) is 17.2 Å².